The number of imide groups is 1. The summed E-state index contributed by atoms with van der Waals surface area (Å²) in [4.78, 5) is 49.7. The average Bonchev–Trinajstić information content (AvgIpc) is 2.53. The van der Waals surface area contributed by atoms with Gasteiger partial charge in [-0.2, -0.15) is 4.90 Å². The van der Waals surface area contributed by atoms with Gasteiger partial charge in [0.05, 0.1) is 13.7 Å². The van der Waals surface area contributed by atoms with Gasteiger partial charge < -0.3 is 18.9 Å². The second-order valence-corrected chi connectivity index (χ2v) is 8.10. The van der Waals surface area contributed by atoms with E-state index in [1.54, 1.807) is 48.5 Å². The summed E-state index contributed by atoms with van der Waals surface area (Å²) in [7, 11) is 1.14. The molecule has 0 saturated heterocycles. The molecule has 0 bridgehead atoms. The molecule has 0 saturated carbocycles. The van der Waals surface area contributed by atoms with Crippen molar-refractivity contribution in [2.45, 2.75) is 78.6 Å². The van der Waals surface area contributed by atoms with E-state index in [0.29, 0.717) is 4.90 Å². The number of methoxy groups -OCH3 is 1. The lowest BCUT2D eigenvalue weighted by molar-refractivity contribution is -0.146. The molecule has 0 radical (unpaired) electrons. The highest BCUT2D eigenvalue weighted by molar-refractivity contribution is 5.94. The smallest absolute Gasteiger partial charge is 0.420 e. The number of esters is 2. The van der Waals surface area contributed by atoms with Crippen LogP contribution in [0.2, 0.25) is 0 Å². The zero-order valence-electron chi connectivity index (χ0n) is 18.6. The van der Waals surface area contributed by atoms with Gasteiger partial charge in [0.1, 0.15) is 17.2 Å². The monoisotopic (exact) mass is 415 g/mol. The molecule has 29 heavy (non-hydrogen) atoms. The fraction of sp³-hybridized carbons (Fsp3) is 0.700. The summed E-state index contributed by atoms with van der Waals surface area (Å²) < 4.78 is 20.1. The topological polar surface area (TPSA) is 108 Å². The van der Waals surface area contributed by atoms with Gasteiger partial charge in [-0.05, 0) is 61.3 Å². The molecule has 0 spiro atoms. The van der Waals surface area contributed by atoms with Crippen molar-refractivity contribution in [3.63, 3.8) is 0 Å². The standard InChI is InChI=1S/C20H33NO8/c1-9-27-15(22)13-11-10-12-14(16(23)26-8)21(17(24)28-19(2,3)4)18(25)29-20(5,6)7/h11,13-14H,9-10,12H2,1-8H3/b13-11+. The third kappa shape index (κ3) is 11.1. The van der Waals surface area contributed by atoms with E-state index < -0.39 is 41.4 Å². The highest BCUT2D eigenvalue weighted by atomic mass is 16.6. The summed E-state index contributed by atoms with van der Waals surface area (Å²) in [5, 5.41) is 0. The van der Waals surface area contributed by atoms with Crippen LogP contribution in [-0.2, 0) is 28.5 Å². The van der Waals surface area contributed by atoms with Gasteiger partial charge in [0, 0.05) is 6.08 Å². The molecule has 0 aromatic heterocycles. The van der Waals surface area contributed by atoms with Crippen LogP contribution in [0.4, 0.5) is 9.59 Å². The van der Waals surface area contributed by atoms with Crippen molar-refractivity contribution in [2.75, 3.05) is 13.7 Å². The first kappa shape index (κ1) is 26.4. The van der Waals surface area contributed by atoms with Crippen LogP contribution in [0, 0.1) is 0 Å². The molecule has 166 valence electrons. The minimum Gasteiger partial charge on any atom is -0.467 e. The minimum absolute atomic E-state index is 0.00106. The number of hydrogen-bond donors (Lipinski definition) is 0. The van der Waals surface area contributed by atoms with Crippen molar-refractivity contribution in [2.24, 2.45) is 0 Å². The molecule has 0 aromatic carbocycles. The molecule has 0 heterocycles. The van der Waals surface area contributed by atoms with E-state index in [4.69, 9.17) is 18.9 Å². The predicted octanol–water partition coefficient (Wildman–Crippen LogP) is 3.60. The molecule has 0 aromatic rings. The minimum atomic E-state index is -1.29. The first-order valence-corrected chi connectivity index (χ1v) is 9.38. The van der Waals surface area contributed by atoms with Crippen molar-refractivity contribution in [3.8, 4) is 0 Å². The van der Waals surface area contributed by atoms with Crippen LogP contribution in [0.5, 0.6) is 0 Å². The van der Waals surface area contributed by atoms with E-state index in [9.17, 15) is 19.2 Å². The highest BCUT2D eigenvalue weighted by Crippen LogP contribution is 2.20. The second kappa shape index (κ2) is 11.4. The maximum atomic E-state index is 12.7. The van der Waals surface area contributed by atoms with Crippen molar-refractivity contribution in [1.29, 1.82) is 0 Å². The molecule has 0 aliphatic rings. The Morgan fingerprint density at radius 1 is 0.931 bits per heavy atom. The van der Waals surface area contributed by atoms with Crippen LogP contribution in [0.15, 0.2) is 12.2 Å². The van der Waals surface area contributed by atoms with Crippen molar-refractivity contribution < 1.29 is 38.1 Å². The Bertz CT molecular complexity index is 585. The maximum Gasteiger partial charge on any atom is 0.420 e. The molecule has 0 N–H and O–H groups in total. The van der Waals surface area contributed by atoms with Crippen LogP contribution in [0.3, 0.4) is 0 Å². The molecular weight excluding hydrogens is 382 g/mol. The summed E-state index contributed by atoms with van der Waals surface area (Å²) in [6, 6.07) is -1.29. The van der Waals surface area contributed by atoms with Crippen molar-refractivity contribution >= 4 is 24.1 Å². The molecule has 2 amide bonds. The molecule has 0 aliphatic carbocycles. The zero-order valence-corrected chi connectivity index (χ0v) is 18.6. The number of hydrogen-bond acceptors (Lipinski definition) is 8. The Balaban J connectivity index is 5.66. The second-order valence-electron chi connectivity index (χ2n) is 8.10. The molecule has 0 rings (SSSR count). The first-order chi connectivity index (χ1) is 13.2. The Kier molecular flexibility index (Phi) is 10.4. The van der Waals surface area contributed by atoms with Gasteiger partial charge in [0.25, 0.3) is 0 Å². The summed E-state index contributed by atoms with van der Waals surface area (Å²) in [6.07, 6.45) is 0.828. The van der Waals surface area contributed by atoms with Gasteiger partial charge in [0.2, 0.25) is 0 Å². The Morgan fingerprint density at radius 3 is 1.79 bits per heavy atom. The largest absolute Gasteiger partial charge is 0.467 e. The van der Waals surface area contributed by atoms with E-state index in [2.05, 4.69) is 0 Å². The van der Waals surface area contributed by atoms with E-state index in [-0.39, 0.29) is 19.4 Å². The third-order valence-electron chi connectivity index (χ3n) is 3.11. The van der Waals surface area contributed by atoms with E-state index >= 15 is 0 Å². The lowest BCUT2D eigenvalue weighted by Gasteiger charge is -2.32. The van der Waals surface area contributed by atoms with Crippen LogP contribution in [0.1, 0.15) is 61.3 Å². The molecule has 0 fully saturated rings. The van der Waals surface area contributed by atoms with Gasteiger partial charge in [-0.25, -0.2) is 19.2 Å². The quantitative estimate of drug-likeness (QED) is 0.352. The van der Waals surface area contributed by atoms with Crippen LogP contribution in [-0.4, -0.2) is 60.0 Å². The lowest BCUT2D eigenvalue weighted by atomic mass is 10.1. The number of amides is 2. The van der Waals surface area contributed by atoms with Gasteiger partial charge in [-0.1, -0.05) is 6.08 Å². The normalized spacial score (nSPS) is 12.8. The lowest BCUT2D eigenvalue weighted by Crippen LogP contribution is -2.52. The van der Waals surface area contributed by atoms with Crippen LogP contribution >= 0.6 is 0 Å². The van der Waals surface area contributed by atoms with E-state index in [1.165, 1.54) is 12.2 Å². The number of allylic oxidation sites excluding steroid dienone is 1. The van der Waals surface area contributed by atoms with Crippen LogP contribution in [0.25, 0.3) is 0 Å². The first-order valence-electron chi connectivity index (χ1n) is 9.38. The SMILES string of the molecule is CCOC(=O)/C=C/CCC(C(=O)OC)N(C(=O)OC(C)(C)C)C(=O)OC(C)(C)C. The van der Waals surface area contributed by atoms with Gasteiger partial charge in [0.15, 0.2) is 0 Å². The average molecular weight is 415 g/mol. The van der Waals surface area contributed by atoms with E-state index in [1.807, 2.05) is 0 Å². The molecule has 9 heteroatoms. The van der Waals surface area contributed by atoms with Crippen molar-refractivity contribution in [3.05, 3.63) is 12.2 Å². The number of ether oxygens (including phenoxy) is 4. The summed E-state index contributed by atoms with van der Waals surface area (Å²) in [5.74, 6) is -1.34. The maximum absolute atomic E-state index is 12.7. The fourth-order valence-corrected chi connectivity index (χ4v) is 2.06. The van der Waals surface area contributed by atoms with Gasteiger partial charge in [-0.15, -0.1) is 0 Å². The summed E-state index contributed by atoms with van der Waals surface area (Å²) >= 11 is 0. The zero-order chi connectivity index (χ0) is 22.8. The Morgan fingerprint density at radius 2 is 1.41 bits per heavy atom. The number of carbonyl (C=O) groups excluding carboxylic acids is 4. The molecule has 1 unspecified atom stereocenters. The summed E-state index contributed by atoms with van der Waals surface area (Å²) in [6.45, 7) is 11.7. The predicted molar refractivity (Wildman–Crippen MR) is 105 cm³/mol. The van der Waals surface area contributed by atoms with E-state index in [0.717, 1.165) is 7.11 Å². The highest BCUT2D eigenvalue weighted by Gasteiger charge is 2.40. The number of rotatable bonds is 7. The van der Waals surface area contributed by atoms with Crippen LogP contribution < -0.4 is 0 Å². The third-order valence-corrected chi connectivity index (χ3v) is 3.11. The number of carbonyl (C=O) groups is 4. The molecular formula is C20H33NO8. The number of nitrogens with zero attached hydrogens (tertiary/aromatic N) is 1. The summed E-state index contributed by atoms with van der Waals surface area (Å²) in [5.41, 5.74) is -1.80. The van der Waals surface area contributed by atoms with Crippen molar-refractivity contribution in [1.82, 2.24) is 4.90 Å². The Hall–Kier alpha value is -2.58. The van der Waals surface area contributed by atoms with Gasteiger partial charge >= 0.3 is 24.1 Å². The Labute approximate surface area is 172 Å². The molecule has 0 aliphatic heterocycles. The fourth-order valence-electron chi connectivity index (χ4n) is 2.06. The molecule has 9 nitrogen and oxygen atoms in total. The molecule has 1 atom stereocenters. The van der Waals surface area contributed by atoms with Gasteiger partial charge in [-0.3, -0.25) is 0 Å².